The Bertz CT molecular complexity index is 90.6. The van der Waals surface area contributed by atoms with Crippen LogP contribution in [0.4, 0.5) is 0 Å². The predicted molar refractivity (Wildman–Crippen MR) is 52.6 cm³/mol. The highest BCUT2D eigenvalue weighted by Gasteiger charge is 2.29. The minimum atomic E-state index is -0.0741. The van der Waals surface area contributed by atoms with Gasteiger partial charge in [0.05, 0.1) is 0 Å². The van der Waals surface area contributed by atoms with Crippen molar-refractivity contribution in [2.24, 2.45) is 0 Å². The maximum atomic E-state index is 1.73. The van der Waals surface area contributed by atoms with E-state index in [0.29, 0.717) is 0 Å². The van der Waals surface area contributed by atoms with Crippen LogP contribution in [-0.4, -0.2) is 43.0 Å². The van der Waals surface area contributed by atoms with Gasteiger partial charge in [-0.15, -0.1) is 0 Å². The SMILES string of the molecule is C1CC[Si@H]2[Si][Si][Si][Si][C@@H]2C1. The molecule has 0 amide bonds. The van der Waals surface area contributed by atoms with Crippen LogP contribution in [-0.2, 0) is 0 Å². The van der Waals surface area contributed by atoms with Crippen LogP contribution < -0.4 is 0 Å². The number of hydrogen-bond donors (Lipinski definition) is 0. The molecule has 0 saturated carbocycles. The highest BCUT2D eigenvalue weighted by Crippen LogP contribution is 2.28. The monoisotopic (exact) mass is 210 g/mol. The zero-order valence-corrected chi connectivity index (χ0v) is 11.1. The maximum Gasteiger partial charge on any atom is 0.0218 e. The average Bonchev–Trinajstić information content (AvgIpc) is 2.05. The first-order valence-corrected chi connectivity index (χ1v) is 14.3. The first-order valence-electron chi connectivity index (χ1n) is 3.98. The van der Waals surface area contributed by atoms with Crippen molar-refractivity contribution < 1.29 is 0 Å². The van der Waals surface area contributed by atoms with Gasteiger partial charge in [0.25, 0.3) is 0 Å². The number of fused-ring (bicyclic) bond motifs is 1. The Balaban J connectivity index is 1.93. The minimum Gasteiger partial charge on any atom is -0.0625 e. The fourth-order valence-corrected chi connectivity index (χ4v) is 41.2. The van der Waals surface area contributed by atoms with Gasteiger partial charge in [0.15, 0.2) is 0 Å². The van der Waals surface area contributed by atoms with Crippen molar-refractivity contribution in [3.63, 3.8) is 0 Å². The van der Waals surface area contributed by atoms with Gasteiger partial charge in [-0.1, -0.05) is 30.5 Å². The second kappa shape index (κ2) is 3.66. The molecule has 0 spiro atoms. The van der Waals surface area contributed by atoms with Crippen LogP contribution in [0.2, 0.25) is 11.2 Å². The summed E-state index contributed by atoms with van der Waals surface area (Å²) >= 11 is 0. The standard InChI is InChI=1S/C5H10Si5/c1-2-4-10-5(3-1)6-7-8-9-10/h5,10H,1-4H2/t5-,10+/m0/s1. The summed E-state index contributed by atoms with van der Waals surface area (Å²) in [5.74, 6) is 0. The Morgan fingerprint density at radius 2 is 2.20 bits per heavy atom. The Labute approximate surface area is 73.6 Å². The fraction of sp³-hybridized carbons (Fsp3) is 1.00. The molecule has 2 saturated heterocycles. The molecule has 2 heterocycles. The zero-order valence-electron chi connectivity index (χ0n) is 5.98. The minimum absolute atomic E-state index is 0.0741. The summed E-state index contributed by atoms with van der Waals surface area (Å²) in [6.45, 7) is 0. The van der Waals surface area contributed by atoms with Gasteiger partial charge in [0.2, 0.25) is 0 Å². The van der Waals surface area contributed by atoms with Crippen molar-refractivity contribution in [2.45, 2.75) is 30.5 Å². The molecule has 0 aromatic rings. The summed E-state index contributed by atoms with van der Waals surface area (Å²) in [5.41, 5.74) is 0. The first kappa shape index (κ1) is 7.72. The largest absolute Gasteiger partial charge is 0.0625 e. The zero-order chi connectivity index (χ0) is 6.81. The molecule has 2 fully saturated rings. The van der Waals surface area contributed by atoms with Crippen LogP contribution >= 0.6 is 0 Å². The summed E-state index contributed by atoms with van der Waals surface area (Å²) in [7, 11) is 5.74. The van der Waals surface area contributed by atoms with E-state index in [4.69, 9.17) is 0 Å². The van der Waals surface area contributed by atoms with Gasteiger partial charge in [-0.2, -0.15) is 0 Å². The molecule has 5 heteroatoms. The molecule has 50 valence electrons. The molecular weight excluding hydrogens is 200 g/mol. The predicted octanol–water partition coefficient (Wildman–Crippen LogP) is -0.203. The van der Waals surface area contributed by atoms with E-state index in [2.05, 4.69) is 0 Å². The summed E-state index contributed by atoms with van der Waals surface area (Å²) in [6, 6.07) is 1.73. The third-order valence-corrected chi connectivity index (χ3v) is 29.7. The van der Waals surface area contributed by atoms with Crippen molar-refractivity contribution in [3.8, 4) is 0 Å². The van der Waals surface area contributed by atoms with E-state index in [1.807, 2.05) is 0 Å². The molecule has 0 nitrogen and oxygen atoms in total. The van der Waals surface area contributed by atoms with Crippen molar-refractivity contribution in [2.75, 3.05) is 0 Å². The first-order chi connectivity index (χ1) is 4.97. The van der Waals surface area contributed by atoms with Gasteiger partial charge in [0.1, 0.15) is 0 Å². The Hall–Kier alpha value is 1.08. The molecule has 0 bridgehead atoms. The van der Waals surface area contributed by atoms with E-state index in [9.17, 15) is 0 Å². The van der Waals surface area contributed by atoms with Gasteiger partial charge in [-0.25, -0.2) is 0 Å². The van der Waals surface area contributed by atoms with E-state index in [1.54, 1.807) is 25.3 Å². The highest BCUT2D eigenvalue weighted by atomic mass is 29.8. The normalized spacial score (nSPS) is 40.8. The molecule has 2 atom stereocenters. The number of hydrogen-bond acceptors (Lipinski definition) is 0. The summed E-state index contributed by atoms with van der Waals surface area (Å²) in [5, 5.41) is 1.35. The van der Waals surface area contributed by atoms with Gasteiger partial charge >= 0.3 is 0 Å². The van der Waals surface area contributed by atoms with Gasteiger partial charge in [-0.05, 0) is 0 Å². The second-order valence-corrected chi connectivity index (χ2v) is 20.7. The lowest BCUT2D eigenvalue weighted by atomic mass is 10.3. The van der Waals surface area contributed by atoms with E-state index in [1.165, 1.54) is 39.9 Å². The lowest BCUT2D eigenvalue weighted by Crippen LogP contribution is -2.47. The van der Waals surface area contributed by atoms with Crippen LogP contribution in [0.5, 0.6) is 0 Å². The number of rotatable bonds is 0. The molecule has 2 rings (SSSR count). The lowest BCUT2D eigenvalue weighted by molar-refractivity contribution is 0.707. The van der Waals surface area contributed by atoms with E-state index >= 15 is 0 Å². The van der Waals surface area contributed by atoms with Crippen molar-refractivity contribution in [1.82, 2.24) is 0 Å². The van der Waals surface area contributed by atoms with E-state index < -0.39 is 0 Å². The Morgan fingerprint density at radius 3 is 3.10 bits per heavy atom. The molecule has 0 aliphatic carbocycles. The smallest absolute Gasteiger partial charge is 0.0218 e. The third-order valence-electron chi connectivity index (χ3n) is 2.34. The summed E-state index contributed by atoms with van der Waals surface area (Å²) in [6.07, 6.45) is 4.84. The average molecular weight is 211 g/mol. The van der Waals surface area contributed by atoms with Crippen molar-refractivity contribution in [1.29, 1.82) is 0 Å². The molecular formula is C5H10Si5. The molecule has 2 aliphatic heterocycles. The van der Waals surface area contributed by atoms with Gasteiger partial charge < -0.3 is 0 Å². The quantitative estimate of drug-likeness (QED) is 0.486. The maximum absolute atomic E-state index is 1.73. The summed E-state index contributed by atoms with van der Waals surface area (Å²) < 4.78 is 0. The lowest BCUT2D eigenvalue weighted by Gasteiger charge is -2.33. The van der Waals surface area contributed by atoms with Gasteiger partial charge in [0, 0.05) is 43.0 Å². The van der Waals surface area contributed by atoms with E-state index in [-0.39, 0.29) is 8.31 Å². The molecule has 10 heavy (non-hydrogen) atoms. The highest BCUT2D eigenvalue weighted by molar-refractivity contribution is 7.61. The molecule has 0 aromatic carbocycles. The Morgan fingerprint density at radius 1 is 1.20 bits per heavy atom. The molecule has 8 radical (unpaired) electrons. The third kappa shape index (κ3) is 1.63. The van der Waals surface area contributed by atoms with Crippen molar-refractivity contribution >= 4 is 43.0 Å². The second-order valence-electron chi connectivity index (χ2n) is 3.04. The van der Waals surface area contributed by atoms with Crippen LogP contribution in [0.25, 0.3) is 0 Å². The van der Waals surface area contributed by atoms with Crippen LogP contribution in [0.3, 0.4) is 0 Å². The topological polar surface area (TPSA) is 0 Å². The van der Waals surface area contributed by atoms with Crippen molar-refractivity contribution in [3.05, 3.63) is 0 Å². The Kier molecular flexibility index (Phi) is 2.82. The van der Waals surface area contributed by atoms with Gasteiger partial charge in [-0.3, -0.25) is 0 Å². The summed E-state index contributed by atoms with van der Waals surface area (Å²) in [4.78, 5) is 0. The molecule has 2 aliphatic rings. The van der Waals surface area contributed by atoms with Crippen LogP contribution in [0.15, 0.2) is 0 Å². The van der Waals surface area contributed by atoms with Crippen LogP contribution in [0.1, 0.15) is 19.3 Å². The molecule has 0 unspecified atom stereocenters. The molecule has 0 aromatic heterocycles. The molecule has 0 N–H and O–H groups in total. The fourth-order valence-electron chi connectivity index (χ4n) is 1.73. The van der Waals surface area contributed by atoms with E-state index in [0.717, 1.165) is 0 Å². The van der Waals surface area contributed by atoms with Crippen LogP contribution in [0, 0.1) is 0 Å².